The van der Waals surface area contributed by atoms with E-state index < -0.39 is 0 Å². The van der Waals surface area contributed by atoms with Gasteiger partial charge in [0, 0.05) is 37.9 Å². The summed E-state index contributed by atoms with van der Waals surface area (Å²) in [6, 6.07) is 15.1. The molecule has 1 N–H and O–H groups in total. The van der Waals surface area contributed by atoms with E-state index in [-0.39, 0.29) is 24.3 Å². The van der Waals surface area contributed by atoms with Crippen molar-refractivity contribution in [1.29, 1.82) is 0 Å². The van der Waals surface area contributed by atoms with Crippen molar-refractivity contribution in [2.45, 2.75) is 20.3 Å². The molecule has 0 aliphatic carbocycles. The second-order valence-electron chi connectivity index (χ2n) is 8.68. The minimum absolute atomic E-state index is 0.0922. The van der Waals surface area contributed by atoms with Crippen LogP contribution in [0.4, 0.5) is 5.95 Å². The summed E-state index contributed by atoms with van der Waals surface area (Å²) >= 11 is 0. The Hall–Kier alpha value is -3.85. The number of carbonyl (C=O) groups is 2. The summed E-state index contributed by atoms with van der Waals surface area (Å²) in [4.78, 5) is 32.0. The maximum Gasteiger partial charge on any atom is 0.246 e. The van der Waals surface area contributed by atoms with Crippen molar-refractivity contribution < 1.29 is 23.8 Å². The normalized spacial score (nSPS) is 10.8. The molecule has 3 aromatic rings. The molecule has 0 radical (unpaired) electrons. The van der Waals surface area contributed by atoms with Crippen LogP contribution in [-0.2, 0) is 14.3 Å². The molecule has 1 aromatic heterocycles. The third-order valence-electron chi connectivity index (χ3n) is 5.51. The predicted molar refractivity (Wildman–Crippen MR) is 139 cm³/mol. The monoisotopic (exact) mass is 494 g/mol. The molecule has 1 heterocycles. The number of amides is 2. The average molecular weight is 495 g/mol. The van der Waals surface area contributed by atoms with Gasteiger partial charge in [-0.3, -0.25) is 19.5 Å². The molecular weight excluding hydrogens is 460 g/mol. The van der Waals surface area contributed by atoms with Gasteiger partial charge in [0.15, 0.2) is 11.5 Å². The van der Waals surface area contributed by atoms with Crippen molar-refractivity contribution in [3.63, 3.8) is 0 Å². The van der Waals surface area contributed by atoms with Crippen LogP contribution in [0.25, 0.3) is 16.9 Å². The maximum absolute atomic E-state index is 13.1. The van der Waals surface area contributed by atoms with Gasteiger partial charge in [0.1, 0.15) is 6.54 Å². The summed E-state index contributed by atoms with van der Waals surface area (Å²) in [6.45, 7) is 4.51. The lowest BCUT2D eigenvalue weighted by atomic mass is 10.1. The fourth-order valence-corrected chi connectivity index (χ4v) is 3.70. The molecule has 3 rings (SSSR count). The summed E-state index contributed by atoms with van der Waals surface area (Å²) < 4.78 is 17.7. The molecule has 2 aromatic carbocycles. The van der Waals surface area contributed by atoms with Gasteiger partial charge in [-0.2, -0.15) is 0 Å². The number of hydrogen-bond donors (Lipinski definition) is 1. The van der Waals surface area contributed by atoms with Crippen LogP contribution in [-0.4, -0.2) is 67.3 Å². The maximum atomic E-state index is 13.1. The molecule has 0 fully saturated rings. The van der Waals surface area contributed by atoms with Crippen LogP contribution in [0, 0.1) is 5.92 Å². The van der Waals surface area contributed by atoms with E-state index in [9.17, 15) is 9.59 Å². The average Bonchev–Trinajstić information content (AvgIpc) is 3.29. The first-order chi connectivity index (χ1) is 17.4. The second-order valence-corrected chi connectivity index (χ2v) is 8.68. The third-order valence-corrected chi connectivity index (χ3v) is 5.51. The first-order valence-electron chi connectivity index (χ1n) is 11.8. The van der Waals surface area contributed by atoms with E-state index >= 15 is 0 Å². The molecule has 36 heavy (non-hydrogen) atoms. The van der Waals surface area contributed by atoms with Crippen molar-refractivity contribution in [3.05, 3.63) is 54.7 Å². The summed E-state index contributed by atoms with van der Waals surface area (Å²) in [7, 11) is 4.70. The van der Waals surface area contributed by atoms with Crippen molar-refractivity contribution in [2.75, 3.05) is 46.3 Å². The van der Waals surface area contributed by atoms with Crippen molar-refractivity contribution in [2.24, 2.45) is 5.92 Å². The number of methoxy groups -OCH3 is 3. The molecule has 192 valence electrons. The Labute approximate surface area is 212 Å². The van der Waals surface area contributed by atoms with E-state index in [0.29, 0.717) is 42.7 Å². The van der Waals surface area contributed by atoms with Crippen molar-refractivity contribution >= 4 is 17.8 Å². The Morgan fingerprint density at radius 2 is 1.75 bits per heavy atom. The highest BCUT2D eigenvalue weighted by Gasteiger charge is 2.21. The smallest absolute Gasteiger partial charge is 0.246 e. The minimum atomic E-state index is -0.352. The highest BCUT2D eigenvalue weighted by atomic mass is 16.5. The summed E-state index contributed by atoms with van der Waals surface area (Å²) in [5, 5.41) is 2.89. The summed E-state index contributed by atoms with van der Waals surface area (Å²) in [6.07, 6.45) is 2.20. The van der Waals surface area contributed by atoms with E-state index in [0.717, 1.165) is 11.3 Å². The van der Waals surface area contributed by atoms with Gasteiger partial charge in [-0.05, 0) is 18.1 Å². The second kappa shape index (κ2) is 12.7. The zero-order valence-corrected chi connectivity index (χ0v) is 21.5. The fourth-order valence-electron chi connectivity index (χ4n) is 3.70. The first-order valence-corrected chi connectivity index (χ1v) is 11.8. The number of nitrogens with one attached hydrogen (secondary N) is 1. The Kier molecular flexibility index (Phi) is 9.46. The quantitative estimate of drug-likeness (QED) is 0.409. The topological polar surface area (TPSA) is 94.9 Å². The number of rotatable bonds is 12. The Morgan fingerprint density at radius 1 is 1.03 bits per heavy atom. The van der Waals surface area contributed by atoms with Gasteiger partial charge in [0.05, 0.1) is 32.2 Å². The van der Waals surface area contributed by atoms with Crippen molar-refractivity contribution in [1.82, 2.24) is 14.5 Å². The molecule has 9 nitrogen and oxygen atoms in total. The first kappa shape index (κ1) is 26.7. The molecule has 0 saturated heterocycles. The van der Waals surface area contributed by atoms with Gasteiger partial charge >= 0.3 is 0 Å². The number of imidazole rings is 1. The highest BCUT2D eigenvalue weighted by molar-refractivity contribution is 5.94. The number of aromatic nitrogens is 2. The molecule has 0 spiro atoms. The molecule has 0 saturated carbocycles. The molecule has 9 heteroatoms. The zero-order valence-electron chi connectivity index (χ0n) is 21.5. The molecule has 0 bridgehead atoms. The largest absolute Gasteiger partial charge is 0.493 e. The van der Waals surface area contributed by atoms with Crippen LogP contribution in [0.3, 0.4) is 0 Å². The number of carbonyl (C=O) groups excluding carboxylic acids is 2. The number of nitrogens with zero attached hydrogens (tertiary/aromatic N) is 3. The van der Waals surface area contributed by atoms with Crippen LogP contribution in [0.2, 0.25) is 0 Å². The zero-order chi connectivity index (χ0) is 26.1. The van der Waals surface area contributed by atoms with E-state index in [4.69, 9.17) is 14.2 Å². The molecule has 0 aliphatic heterocycles. The molecule has 0 atom stereocenters. The SMILES string of the molecule is COCCN(CC(=O)Nc1nc(-c2ccccc2)cn1-c1ccc(OC)c(OC)c1)C(=O)CC(C)C. The van der Waals surface area contributed by atoms with Crippen LogP contribution < -0.4 is 14.8 Å². The summed E-state index contributed by atoms with van der Waals surface area (Å²) in [5.74, 6) is 1.21. The Balaban J connectivity index is 1.92. The van der Waals surface area contributed by atoms with Crippen molar-refractivity contribution in [3.8, 4) is 28.4 Å². The predicted octanol–water partition coefficient (Wildman–Crippen LogP) is 4.02. The van der Waals surface area contributed by atoms with Gasteiger partial charge in [-0.15, -0.1) is 0 Å². The van der Waals surface area contributed by atoms with Gasteiger partial charge in [-0.1, -0.05) is 44.2 Å². The van der Waals surface area contributed by atoms with E-state index in [1.54, 1.807) is 32.0 Å². The van der Waals surface area contributed by atoms with Crippen LogP contribution in [0.1, 0.15) is 20.3 Å². The van der Waals surface area contributed by atoms with E-state index in [1.165, 1.54) is 4.90 Å². The van der Waals surface area contributed by atoms with Gasteiger partial charge in [-0.25, -0.2) is 4.98 Å². The lowest BCUT2D eigenvalue weighted by Crippen LogP contribution is -2.40. The van der Waals surface area contributed by atoms with Crippen LogP contribution >= 0.6 is 0 Å². The molecule has 2 amide bonds. The van der Waals surface area contributed by atoms with E-state index in [1.807, 2.05) is 62.5 Å². The molecule has 0 unspecified atom stereocenters. The highest BCUT2D eigenvalue weighted by Crippen LogP contribution is 2.31. The fraction of sp³-hybridized carbons (Fsp3) is 0.370. The number of benzene rings is 2. The molecule has 0 aliphatic rings. The Morgan fingerprint density at radius 3 is 2.39 bits per heavy atom. The number of ether oxygens (including phenoxy) is 3. The van der Waals surface area contributed by atoms with Gasteiger partial charge in [0.25, 0.3) is 0 Å². The van der Waals surface area contributed by atoms with Crippen LogP contribution in [0.5, 0.6) is 11.5 Å². The standard InChI is InChI=1S/C27H34N4O5/c1-19(2)15-26(33)30(13-14-34-3)18-25(32)29-27-28-22(20-9-7-6-8-10-20)17-31(27)21-11-12-23(35-4)24(16-21)36-5/h6-12,16-17,19H,13-15,18H2,1-5H3,(H,28,29,32). The number of anilines is 1. The minimum Gasteiger partial charge on any atom is -0.493 e. The Bertz CT molecular complexity index is 1160. The third kappa shape index (κ3) is 6.85. The van der Waals surface area contributed by atoms with Gasteiger partial charge in [0.2, 0.25) is 17.8 Å². The lowest BCUT2D eigenvalue weighted by Gasteiger charge is -2.22. The lowest BCUT2D eigenvalue weighted by molar-refractivity contribution is -0.136. The number of hydrogen-bond acceptors (Lipinski definition) is 6. The van der Waals surface area contributed by atoms with Crippen LogP contribution in [0.15, 0.2) is 54.7 Å². The van der Waals surface area contributed by atoms with E-state index in [2.05, 4.69) is 10.3 Å². The molecular formula is C27H34N4O5. The van der Waals surface area contributed by atoms with Gasteiger partial charge < -0.3 is 19.1 Å². The summed E-state index contributed by atoms with van der Waals surface area (Å²) in [5.41, 5.74) is 2.32.